The number of hydrazine groups is 1. The number of nitriles is 1. The Labute approximate surface area is 153 Å². The third-order valence-corrected chi connectivity index (χ3v) is 3.50. The minimum absolute atomic E-state index is 0.0901. The highest BCUT2D eigenvalue weighted by Gasteiger charge is 2.09. The van der Waals surface area contributed by atoms with Crippen molar-refractivity contribution in [2.24, 2.45) is 0 Å². The van der Waals surface area contributed by atoms with Crippen LogP contribution >= 0.6 is 0 Å². The molecule has 0 saturated carbocycles. The lowest BCUT2D eigenvalue weighted by Gasteiger charge is -2.10. The monoisotopic (exact) mass is 347 g/mol. The van der Waals surface area contributed by atoms with Gasteiger partial charge in [0.05, 0.1) is 6.61 Å². The highest BCUT2D eigenvalue weighted by atomic mass is 16.5. The van der Waals surface area contributed by atoms with Gasteiger partial charge >= 0.3 is 5.97 Å². The second kappa shape index (κ2) is 10.5. The van der Waals surface area contributed by atoms with E-state index in [0.29, 0.717) is 6.54 Å². The minimum Gasteiger partial charge on any atom is -0.462 e. The van der Waals surface area contributed by atoms with Gasteiger partial charge in [-0.15, -0.1) is 0 Å². The van der Waals surface area contributed by atoms with Crippen LogP contribution in [-0.4, -0.2) is 19.1 Å². The van der Waals surface area contributed by atoms with Gasteiger partial charge in [0.1, 0.15) is 6.07 Å². The fourth-order valence-electron chi connectivity index (χ4n) is 2.25. The Morgan fingerprint density at radius 2 is 1.77 bits per heavy atom. The van der Waals surface area contributed by atoms with Gasteiger partial charge in [0, 0.05) is 12.7 Å². The third-order valence-electron chi connectivity index (χ3n) is 3.50. The van der Waals surface area contributed by atoms with Crippen molar-refractivity contribution in [2.75, 3.05) is 13.2 Å². The predicted molar refractivity (Wildman–Crippen MR) is 102 cm³/mol. The number of carbonyl (C=O) groups is 1. The van der Waals surface area contributed by atoms with Crippen LogP contribution in [0.3, 0.4) is 0 Å². The molecule has 5 nitrogen and oxygen atoms in total. The molecule has 26 heavy (non-hydrogen) atoms. The van der Waals surface area contributed by atoms with Crippen LogP contribution < -0.4 is 10.9 Å². The van der Waals surface area contributed by atoms with Crippen molar-refractivity contribution in [1.29, 1.82) is 5.26 Å². The highest BCUT2D eigenvalue weighted by molar-refractivity contribution is 5.92. The topological polar surface area (TPSA) is 74.2 Å². The molecular formula is C21H21N3O2. The van der Waals surface area contributed by atoms with Crippen molar-refractivity contribution in [3.05, 3.63) is 83.6 Å². The molecule has 5 heteroatoms. The number of hydrogen-bond acceptors (Lipinski definition) is 5. The lowest BCUT2D eigenvalue weighted by Crippen LogP contribution is -2.29. The van der Waals surface area contributed by atoms with Crippen LogP contribution in [0.5, 0.6) is 0 Å². The van der Waals surface area contributed by atoms with Crippen LogP contribution in [0.4, 0.5) is 0 Å². The van der Waals surface area contributed by atoms with E-state index in [1.807, 2.05) is 66.7 Å². The number of benzene rings is 2. The number of esters is 1. The van der Waals surface area contributed by atoms with Crippen LogP contribution in [0, 0.1) is 11.3 Å². The smallest absolute Gasteiger partial charge is 0.350 e. The van der Waals surface area contributed by atoms with Crippen LogP contribution in [0.1, 0.15) is 18.1 Å². The van der Waals surface area contributed by atoms with Gasteiger partial charge in [0.25, 0.3) is 0 Å². The van der Waals surface area contributed by atoms with Crippen molar-refractivity contribution in [2.45, 2.75) is 6.92 Å². The molecule has 2 N–H and O–H groups in total. The van der Waals surface area contributed by atoms with Gasteiger partial charge in [-0.1, -0.05) is 60.7 Å². The zero-order valence-electron chi connectivity index (χ0n) is 14.6. The first-order valence-corrected chi connectivity index (χ1v) is 8.31. The molecule has 132 valence electrons. The summed E-state index contributed by atoms with van der Waals surface area (Å²) >= 11 is 0. The summed E-state index contributed by atoms with van der Waals surface area (Å²) in [6.45, 7) is 2.42. The normalized spacial score (nSPS) is 11.5. The summed E-state index contributed by atoms with van der Waals surface area (Å²) < 4.78 is 4.81. The fourth-order valence-corrected chi connectivity index (χ4v) is 2.25. The summed E-state index contributed by atoms with van der Waals surface area (Å²) in [5, 5.41) is 9.01. The molecule has 0 aliphatic heterocycles. The van der Waals surface area contributed by atoms with Gasteiger partial charge in [0.15, 0.2) is 5.57 Å². The third kappa shape index (κ3) is 5.93. The average molecular weight is 347 g/mol. The standard InChI is InChI=1S/C21H21N3O2/c1-2-26-21(25)20(14-22)16-24-23-15-19(18-11-7-4-8-12-18)13-17-9-5-3-6-10-17/h3-13,16,23-24H,2,15H2,1H3. The van der Waals surface area contributed by atoms with E-state index < -0.39 is 5.97 Å². The van der Waals surface area contributed by atoms with Crippen LogP contribution in [0.15, 0.2) is 72.4 Å². The Balaban J connectivity index is 2.08. The molecule has 2 aromatic carbocycles. The Kier molecular flexibility index (Phi) is 7.66. The first-order valence-electron chi connectivity index (χ1n) is 8.31. The molecule has 0 aliphatic carbocycles. The van der Waals surface area contributed by atoms with Crippen molar-refractivity contribution in [3.63, 3.8) is 0 Å². The minimum atomic E-state index is -0.646. The molecule has 0 unspecified atom stereocenters. The lowest BCUT2D eigenvalue weighted by atomic mass is 10.0. The lowest BCUT2D eigenvalue weighted by molar-refractivity contribution is -0.138. The Hall–Kier alpha value is -3.36. The molecule has 0 radical (unpaired) electrons. The second-order valence-electron chi connectivity index (χ2n) is 5.33. The van der Waals surface area contributed by atoms with Crippen molar-refractivity contribution < 1.29 is 9.53 Å². The summed E-state index contributed by atoms with van der Waals surface area (Å²) in [5.41, 5.74) is 8.94. The number of carbonyl (C=O) groups excluding carboxylic acids is 1. The summed E-state index contributed by atoms with van der Waals surface area (Å²) in [5.74, 6) is -0.646. The quantitative estimate of drug-likeness (QED) is 0.191. The average Bonchev–Trinajstić information content (AvgIpc) is 2.68. The number of hydrogen-bond donors (Lipinski definition) is 2. The maximum absolute atomic E-state index is 11.6. The molecule has 0 saturated heterocycles. The molecule has 2 rings (SSSR count). The number of nitrogens with zero attached hydrogens (tertiary/aromatic N) is 1. The van der Waals surface area contributed by atoms with E-state index in [1.165, 1.54) is 6.20 Å². The predicted octanol–water partition coefficient (Wildman–Crippen LogP) is 3.29. The van der Waals surface area contributed by atoms with E-state index >= 15 is 0 Å². The largest absolute Gasteiger partial charge is 0.462 e. The van der Waals surface area contributed by atoms with Gasteiger partial charge in [-0.3, -0.25) is 0 Å². The summed E-state index contributed by atoms with van der Waals surface area (Å²) in [6.07, 6.45) is 3.40. The van der Waals surface area contributed by atoms with E-state index in [9.17, 15) is 4.79 Å². The van der Waals surface area contributed by atoms with Crippen molar-refractivity contribution in [3.8, 4) is 6.07 Å². The molecule has 0 aromatic heterocycles. The molecule has 0 atom stereocenters. The van der Waals surface area contributed by atoms with Crippen LogP contribution in [0.2, 0.25) is 0 Å². The SMILES string of the molecule is CCOC(=O)C(C#N)=CNNCC(=Cc1ccccc1)c1ccccc1. The molecule has 0 spiro atoms. The Morgan fingerprint density at radius 3 is 2.38 bits per heavy atom. The summed E-state index contributed by atoms with van der Waals surface area (Å²) in [6, 6.07) is 21.8. The zero-order valence-corrected chi connectivity index (χ0v) is 14.6. The Bertz CT molecular complexity index is 806. The molecule has 0 bridgehead atoms. The number of ether oxygens (including phenoxy) is 1. The van der Waals surface area contributed by atoms with Crippen molar-refractivity contribution >= 4 is 17.6 Å². The summed E-state index contributed by atoms with van der Waals surface area (Å²) in [4.78, 5) is 11.6. The Morgan fingerprint density at radius 1 is 1.12 bits per heavy atom. The molecule has 0 heterocycles. The first kappa shape index (κ1) is 19.0. The first-order chi connectivity index (χ1) is 12.7. The second-order valence-corrected chi connectivity index (χ2v) is 5.33. The van der Waals surface area contributed by atoms with E-state index in [2.05, 4.69) is 16.9 Å². The van der Waals surface area contributed by atoms with E-state index in [4.69, 9.17) is 10.00 Å². The van der Waals surface area contributed by atoms with Crippen LogP contribution in [-0.2, 0) is 9.53 Å². The van der Waals surface area contributed by atoms with Gasteiger partial charge in [-0.2, -0.15) is 5.26 Å². The van der Waals surface area contributed by atoms with Crippen LogP contribution in [0.25, 0.3) is 11.6 Å². The van der Waals surface area contributed by atoms with Gasteiger partial charge < -0.3 is 10.2 Å². The summed E-state index contributed by atoms with van der Waals surface area (Å²) in [7, 11) is 0. The molecular weight excluding hydrogens is 326 g/mol. The fraction of sp³-hybridized carbons (Fsp3) is 0.143. The van der Waals surface area contributed by atoms with Gasteiger partial charge in [0.2, 0.25) is 0 Å². The molecule has 0 amide bonds. The molecule has 2 aromatic rings. The maximum Gasteiger partial charge on any atom is 0.350 e. The number of rotatable bonds is 8. The van der Waals surface area contributed by atoms with Gasteiger partial charge in [-0.25, -0.2) is 10.2 Å². The van der Waals surface area contributed by atoms with E-state index in [1.54, 1.807) is 6.92 Å². The van der Waals surface area contributed by atoms with E-state index in [0.717, 1.165) is 16.7 Å². The van der Waals surface area contributed by atoms with Crippen molar-refractivity contribution in [1.82, 2.24) is 10.9 Å². The number of nitrogens with one attached hydrogen (secondary N) is 2. The highest BCUT2D eigenvalue weighted by Crippen LogP contribution is 2.17. The maximum atomic E-state index is 11.6. The van der Waals surface area contributed by atoms with E-state index in [-0.39, 0.29) is 12.2 Å². The molecule has 0 aliphatic rings. The molecule has 0 fully saturated rings. The zero-order chi connectivity index (χ0) is 18.6. The van der Waals surface area contributed by atoms with Gasteiger partial charge in [-0.05, 0) is 29.7 Å².